The maximum Gasteiger partial charge on any atom is 0.321 e. The predicted molar refractivity (Wildman–Crippen MR) is 83.5 cm³/mol. The Hall–Kier alpha value is -1.83. The van der Waals surface area contributed by atoms with Crippen molar-refractivity contribution < 1.29 is 14.4 Å². The normalized spacial score (nSPS) is 15.3. The number of hydrogen-bond acceptors (Lipinski definition) is 4. The zero-order chi connectivity index (χ0) is 16.5. The average Bonchev–Trinajstić information content (AvgIpc) is 2.49. The summed E-state index contributed by atoms with van der Waals surface area (Å²) >= 11 is 0. The second-order valence-corrected chi connectivity index (χ2v) is 5.13. The number of carbonyl (C=O) groups excluding carboxylic acids is 3. The molecule has 0 spiro atoms. The first-order chi connectivity index (χ1) is 10.5. The highest BCUT2D eigenvalue weighted by Gasteiger charge is 2.24. The zero-order valence-electron chi connectivity index (χ0n) is 13.7. The van der Waals surface area contributed by atoms with Gasteiger partial charge in [-0.2, -0.15) is 0 Å². The van der Waals surface area contributed by atoms with E-state index in [1.54, 1.807) is 11.8 Å². The van der Waals surface area contributed by atoms with Gasteiger partial charge >= 0.3 is 12.1 Å². The van der Waals surface area contributed by atoms with Gasteiger partial charge in [0.05, 0.1) is 6.54 Å². The summed E-state index contributed by atoms with van der Waals surface area (Å²) in [6.07, 6.45) is 0. The van der Waals surface area contributed by atoms with E-state index in [0.29, 0.717) is 45.8 Å². The van der Waals surface area contributed by atoms with Crippen molar-refractivity contribution in [3.63, 3.8) is 0 Å². The van der Waals surface area contributed by atoms with Crippen LogP contribution in [0.1, 0.15) is 20.8 Å². The Morgan fingerprint density at radius 3 is 2.09 bits per heavy atom. The first kappa shape index (κ1) is 18.2. The van der Waals surface area contributed by atoms with E-state index in [1.807, 2.05) is 23.6 Å². The maximum absolute atomic E-state index is 12.2. The van der Waals surface area contributed by atoms with Gasteiger partial charge in [0, 0.05) is 45.8 Å². The third kappa shape index (κ3) is 5.51. The minimum absolute atomic E-state index is 0.0522. The molecular formula is C14H27N5O3. The Kier molecular flexibility index (Phi) is 7.65. The molecule has 1 aliphatic heterocycles. The molecule has 0 radical (unpaired) electrons. The van der Waals surface area contributed by atoms with E-state index in [9.17, 15) is 14.4 Å². The van der Waals surface area contributed by atoms with Crippen molar-refractivity contribution in [2.45, 2.75) is 20.8 Å². The summed E-state index contributed by atoms with van der Waals surface area (Å²) in [4.78, 5) is 40.7. The summed E-state index contributed by atoms with van der Waals surface area (Å²) in [6.45, 7) is 10.2. The fourth-order valence-electron chi connectivity index (χ4n) is 2.37. The lowest BCUT2D eigenvalue weighted by molar-refractivity contribution is -0.121. The summed E-state index contributed by atoms with van der Waals surface area (Å²) in [6, 6.07) is -0.417. The third-order valence-corrected chi connectivity index (χ3v) is 3.63. The van der Waals surface area contributed by atoms with Crippen LogP contribution in [0.5, 0.6) is 0 Å². The van der Waals surface area contributed by atoms with Gasteiger partial charge in [-0.15, -0.1) is 0 Å². The molecule has 1 heterocycles. The molecule has 1 rings (SSSR count). The van der Waals surface area contributed by atoms with E-state index in [4.69, 9.17) is 0 Å². The summed E-state index contributed by atoms with van der Waals surface area (Å²) in [7, 11) is 0. The Morgan fingerprint density at radius 1 is 1.00 bits per heavy atom. The molecule has 1 saturated heterocycles. The average molecular weight is 313 g/mol. The molecule has 0 aromatic rings. The summed E-state index contributed by atoms with van der Waals surface area (Å²) < 4.78 is 0. The lowest BCUT2D eigenvalue weighted by atomic mass is 10.3. The van der Waals surface area contributed by atoms with Crippen LogP contribution in [0.3, 0.4) is 0 Å². The molecule has 0 saturated carbocycles. The Morgan fingerprint density at radius 2 is 1.59 bits per heavy atom. The molecule has 2 N–H and O–H groups in total. The van der Waals surface area contributed by atoms with Gasteiger partial charge in [0.25, 0.3) is 0 Å². The van der Waals surface area contributed by atoms with Crippen LogP contribution in [0.25, 0.3) is 0 Å². The van der Waals surface area contributed by atoms with Crippen molar-refractivity contribution >= 4 is 18.0 Å². The number of hydrogen-bond donors (Lipinski definition) is 2. The standard InChI is InChI=1S/C14H27N5O3/c1-4-15-13(21)16-12(20)11-17-7-9-19(10-8-17)14(22)18(5-2)6-3/h4-11H2,1-3H3,(H2,15,16,20,21). The summed E-state index contributed by atoms with van der Waals surface area (Å²) in [5, 5.41) is 4.79. The van der Waals surface area contributed by atoms with E-state index in [-0.39, 0.29) is 18.5 Å². The van der Waals surface area contributed by atoms with Gasteiger partial charge in [0.2, 0.25) is 5.91 Å². The number of nitrogens with one attached hydrogen (secondary N) is 2. The highest BCUT2D eigenvalue weighted by atomic mass is 16.2. The number of nitrogens with zero attached hydrogens (tertiary/aromatic N) is 3. The number of carbonyl (C=O) groups is 3. The third-order valence-electron chi connectivity index (χ3n) is 3.63. The van der Waals surface area contributed by atoms with Crippen molar-refractivity contribution in [3.05, 3.63) is 0 Å². The van der Waals surface area contributed by atoms with Crippen LogP contribution in [0.15, 0.2) is 0 Å². The minimum atomic E-state index is -0.470. The van der Waals surface area contributed by atoms with Gasteiger partial charge in [-0.05, 0) is 20.8 Å². The molecule has 0 aromatic carbocycles. The topological polar surface area (TPSA) is 85.0 Å². The van der Waals surface area contributed by atoms with Crippen LogP contribution in [0.4, 0.5) is 9.59 Å². The van der Waals surface area contributed by atoms with Crippen molar-refractivity contribution in [2.75, 3.05) is 52.4 Å². The van der Waals surface area contributed by atoms with Gasteiger partial charge in [-0.3, -0.25) is 15.0 Å². The van der Waals surface area contributed by atoms with Crippen LogP contribution in [0.2, 0.25) is 0 Å². The first-order valence-electron chi connectivity index (χ1n) is 7.85. The fourth-order valence-corrected chi connectivity index (χ4v) is 2.37. The highest BCUT2D eigenvalue weighted by Crippen LogP contribution is 2.05. The van der Waals surface area contributed by atoms with Gasteiger partial charge in [-0.25, -0.2) is 9.59 Å². The maximum atomic E-state index is 12.2. The number of urea groups is 2. The Balaban J connectivity index is 2.34. The largest absolute Gasteiger partial charge is 0.338 e. The molecule has 8 nitrogen and oxygen atoms in total. The second kappa shape index (κ2) is 9.24. The number of amides is 5. The molecule has 8 heteroatoms. The van der Waals surface area contributed by atoms with Crippen LogP contribution >= 0.6 is 0 Å². The van der Waals surface area contributed by atoms with Crippen LogP contribution in [-0.4, -0.2) is 85.0 Å². The number of piperazine rings is 1. The number of imide groups is 1. The predicted octanol–water partition coefficient (Wildman–Crippen LogP) is -0.0885. The van der Waals surface area contributed by atoms with Crippen molar-refractivity contribution in [2.24, 2.45) is 0 Å². The lowest BCUT2D eigenvalue weighted by Crippen LogP contribution is -2.54. The highest BCUT2D eigenvalue weighted by molar-refractivity contribution is 5.95. The zero-order valence-corrected chi connectivity index (χ0v) is 13.7. The minimum Gasteiger partial charge on any atom is -0.338 e. The van der Waals surface area contributed by atoms with E-state index in [0.717, 1.165) is 0 Å². The molecule has 5 amide bonds. The summed E-state index contributed by atoms with van der Waals surface area (Å²) in [5.41, 5.74) is 0. The molecule has 126 valence electrons. The molecular weight excluding hydrogens is 286 g/mol. The monoisotopic (exact) mass is 313 g/mol. The van der Waals surface area contributed by atoms with E-state index in [1.165, 1.54) is 0 Å². The van der Waals surface area contributed by atoms with Crippen LogP contribution in [-0.2, 0) is 4.79 Å². The van der Waals surface area contributed by atoms with E-state index < -0.39 is 6.03 Å². The van der Waals surface area contributed by atoms with Gasteiger partial charge in [0.1, 0.15) is 0 Å². The first-order valence-corrected chi connectivity index (χ1v) is 7.85. The Labute approximate surface area is 131 Å². The SMILES string of the molecule is CCNC(=O)NC(=O)CN1CCN(C(=O)N(CC)CC)CC1. The van der Waals surface area contributed by atoms with Gasteiger partial charge in [0.15, 0.2) is 0 Å². The number of rotatable bonds is 5. The van der Waals surface area contributed by atoms with E-state index in [2.05, 4.69) is 10.6 Å². The smallest absolute Gasteiger partial charge is 0.321 e. The van der Waals surface area contributed by atoms with Crippen molar-refractivity contribution in [1.29, 1.82) is 0 Å². The molecule has 0 atom stereocenters. The van der Waals surface area contributed by atoms with Crippen molar-refractivity contribution in [3.8, 4) is 0 Å². The van der Waals surface area contributed by atoms with E-state index >= 15 is 0 Å². The molecule has 0 aliphatic carbocycles. The van der Waals surface area contributed by atoms with Gasteiger partial charge < -0.3 is 15.1 Å². The molecule has 0 unspecified atom stereocenters. The Bertz CT molecular complexity index is 390. The molecule has 1 fully saturated rings. The van der Waals surface area contributed by atoms with Gasteiger partial charge in [-0.1, -0.05) is 0 Å². The molecule has 1 aliphatic rings. The van der Waals surface area contributed by atoms with Crippen LogP contribution in [0, 0.1) is 0 Å². The molecule has 0 aromatic heterocycles. The molecule has 0 bridgehead atoms. The van der Waals surface area contributed by atoms with Crippen LogP contribution < -0.4 is 10.6 Å². The summed E-state index contributed by atoms with van der Waals surface area (Å²) in [5.74, 6) is -0.325. The van der Waals surface area contributed by atoms with Crippen molar-refractivity contribution in [1.82, 2.24) is 25.3 Å². The second-order valence-electron chi connectivity index (χ2n) is 5.13. The lowest BCUT2D eigenvalue weighted by Gasteiger charge is -2.36. The molecule has 22 heavy (non-hydrogen) atoms. The quantitative estimate of drug-likeness (QED) is 0.743. The fraction of sp³-hybridized carbons (Fsp3) is 0.786.